The smallest absolute Gasteiger partial charge is 0.360 e. The van der Waals surface area contributed by atoms with Crippen LogP contribution in [0, 0.1) is 0 Å². The van der Waals surface area contributed by atoms with Gasteiger partial charge in [-0.1, -0.05) is 76.9 Å². The fourth-order valence-electron chi connectivity index (χ4n) is 4.16. The van der Waals surface area contributed by atoms with E-state index in [0.29, 0.717) is 17.6 Å². The summed E-state index contributed by atoms with van der Waals surface area (Å²) < 4.78 is 0.301. The van der Waals surface area contributed by atoms with Gasteiger partial charge in [0.25, 0.3) is 0 Å². The van der Waals surface area contributed by atoms with Crippen molar-refractivity contribution in [2.45, 2.75) is 103 Å². The van der Waals surface area contributed by atoms with E-state index >= 15 is 0 Å². The molecule has 0 amide bonds. The van der Waals surface area contributed by atoms with Crippen LogP contribution in [-0.2, 0) is 4.79 Å². The molecule has 1 heterocycles. The summed E-state index contributed by atoms with van der Waals surface area (Å²) in [5, 5.41) is 9.25. The summed E-state index contributed by atoms with van der Waals surface area (Å²) in [4.78, 5) is 15.7. The second-order valence-corrected chi connectivity index (χ2v) is 8.63. The quantitative estimate of drug-likeness (QED) is 0.141. The van der Waals surface area contributed by atoms with Crippen molar-refractivity contribution in [2.24, 2.45) is 10.7 Å². The van der Waals surface area contributed by atoms with Gasteiger partial charge in [0.1, 0.15) is 12.7 Å². The van der Waals surface area contributed by atoms with E-state index in [1.54, 1.807) is 6.20 Å². The van der Waals surface area contributed by atoms with Crippen molar-refractivity contribution < 1.29 is 14.4 Å². The first-order chi connectivity index (χ1) is 14.6. The lowest BCUT2D eigenvalue weighted by Gasteiger charge is -2.30. The van der Waals surface area contributed by atoms with Crippen LogP contribution in [-0.4, -0.2) is 41.0 Å². The number of aliphatic carboxylic acids is 1. The van der Waals surface area contributed by atoms with Crippen LogP contribution < -0.4 is 5.73 Å². The number of hydrogen-bond donors (Lipinski definition) is 2. The highest BCUT2D eigenvalue weighted by molar-refractivity contribution is 5.81. The van der Waals surface area contributed by atoms with Crippen molar-refractivity contribution in [3.05, 3.63) is 24.6 Å². The highest BCUT2D eigenvalue weighted by Gasteiger charge is 2.36. The zero-order chi connectivity index (χ0) is 21.9. The maximum Gasteiger partial charge on any atom is 0.360 e. The zero-order valence-electron chi connectivity index (χ0n) is 19.4. The van der Waals surface area contributed by atoms with Crippen LogP contribution in [0.25, 0.3) is 0 Å². The number of rotatable bonds is 20. The molecule has 0 spiro atoms. The average molecular weight is 421 g/mol. The molecule has 1 atom stereocenters. The second-order valence-electron chi connectivity index (χ2n) is 8.63. The van der Waals surface area contributed by atoms with Gasteiger partial charge in [-0.05, 0) is 32.1 Å². The Morgan fingerprint density at radius 3 is 2.10 bits per heavy atom. The van der Waals surface area contributed by atoms with Crippen LogP contribution in [0.4, 0.5) is 0 Å². The number of carboxylic acids is 1. The van der Waals surface area contributed by atoms with Gasteiger partial charge in [0.05, 0.1) is 6.20 Å². The largest absolute Gasteiger partial charge is 0.477 e. The summed E-state index contributed by atoms with van der Waals surface area (Å²) >= 11 is 0. The van der Waals surface area contributed by atoms with Crippen LogP contribution in [0.1, 0.15) is 103 Å². The average Bonchev–Trinajstić information content (AvgIpc) is 3.09. The molecule has 0 aromatic heterocycles. The van der Waals surface area contributed by atoms with Crippen molar-refractivity contribution in [3.63, 3.8) is 0 Å². The number of carboxylic acid groups (broad SMARTS) is 1. The van der Waals surface area contributed by atoms with Gasteiger partial charge in [-0.3, -0.25) is 0 Å². The first kappa shape index (κ1) is 26.6. The molecule has 5 heteroatoms. The SMILES string of the molecule is CCCCCCCCC/C=C/CCCCCCCC1=NC=C[N+]1(CCN)CC(=O)O. The van der Waals surface area contributed by atoms with Crippen LogP contribution >= 0.6 is 0 Å². The topological polar surface area (TPSA) is 75.7 Å². The number of allylic oxidation sites excluding steroid dienone is 2. The zero-order valence-corrected chi connectivity index (χ0v) is 19.4. The first-order valence-electron chi connectivity index (χ1n) is 12.3. The number of aliphatic imine (C=N–C) groups is 1. The Labute approximate surface area is 184 Å². The van der Waals surface area contributed by atoms with Gasteiger partial charge < -0.3 is 10.8 Å². The molecule has 0 aromatic carbocycles. The van der Waals surface area contributed by atoms with E-state index in [2.05, 4.69) is 24.1 Å². The number of nitrogens with two attached hydrogens (primary N) is 1. The molecule has 1 unspecified atom stereocenters. The first-order valence-corrected chi connectivity index (χ1v) is 12.3. The molecule has 1 aliphatic heterocycles. The van der Waals surface area contributed by atoms with Gasteiger partial charge in [-0.2, -0.15) is 0 Å². The predicted octanol–water partition coefficient (Wildman–Crippen LogP) is 6.16. The lowest BCUT2D eigenvalue weighted by molar-refractivity contribution is -0.778. The Morgan fingerprint density at radius 1 is 0.967 bits per heavy atom. The normalized spacial score (nSPS) is 18.4. The highest BCUT2D eigenvalue weighted by Crippen LogP contribution is 2.21. The fourth-order valence-corrected chi connectivity index (χ4v) is 4.16. The van der Waals surface area contributed by atoms with Crippen molar-refractivity contribution in [3.8, 4) is 0 Å². The van der Waals surface area contributed by atoms with Crippen molar-refractivity contribution in [1.29, 1.82) is 0 Å². The Balaban J connectivity index is 2.01. The number of quaternary nitrogens is 1. The summed E-state index contributed by atoms with van der Waals surface area (Å²) in [5.41, 5.74) is 5.72. The van der Waals surface area contributed by atoms with Crippen LogP contribution in [0.15, 0.2) is 29.5 Å². The minimum Gasteiger partial charge on any atom is -0.477 e. The number of amidine groups is 1. The Morgan fingerprint density at radius 2 is 1.53 bits per heavy atom. The highest BCUT2D eigenvalue weighted by atomic mass is 16.4. The molecule has 0 aliphatic carbocycles. The Kier molecular flexibility index (Phi) is 15.3. The van der Waals surface area contributed by atoms with Crippen LogP contribution in [0.3, 0.4) is 0 Å². The summed E-state index contributed by atoms with van der Waals surface area (Å²) in [7, 11) is 0. The number of nitrogens with zero attached hydrogens (tertiary/aromatic N) is 2. The van der Waals surface area contributed by atoms with E-state index in [9.17, 15) is 9.90 Å². The maximum atomic E-state index is 11.3. The molecule has 30 heavy (non-hydrogen) atoms. The molecule has 1 rings (SSSR count). The molecular formula is C25H46N3O2+. The lowest BCUT2D eigenvalue weighted by atomic mass is 10.1. The minimum absolute atomic E-state index is 0.0394. The van der Waals surface area contributed by atoms with Crippen molar-refractivity contribution in [2.75, 3.05) is 19.6 Å². The molecule has 1 aliphatic rings. The van der Waals surface area contributed by atoms with Gasteiger partial charge in [0, 0.05) is 13.0 Å². The number of hydrogen-bond acceptors (Lipinski definition) is 3. The van der Waals surface area contributed by atoms with E-state index in [1.807, 2.05) is 6.20 Å². The summed E-state index contributed by atoms with van der Waals surface area (Å²) in [6, 6.07) is 0. The molecule has 0 saturated heterocycles. The minimum atomic E-state index is -0.803. The monoisotopic (exact) mass is 420 g/mol. The number of carbonyl (C=O) groups is 1. The van der Waals surface area contributed by atoms with Crippen LogP contribution in [0.5, 0.6) is 0 Å². The molecule has 0 fully saturated rings. The van der Waals surface area contributed by atoms with Crippen LogP contribution in [0.2, 0.25) is 0 Å². The van der Waals surface area contributed by atoms with E-state index < -0.39 is 5.97 Å². The van der Waals surface area contributed by atoms with E-state index in [-0.39, 0.29) is 6.54 Å². The second kappa shape index (κ2) is 17.2. The van der Waals surface area contributed by atoms with Gasteiger partial charge in [-0.25, -0.2) is 14.3 Å². The Bertz CT molecular complexity index is 543. The van der Waals surface area contributed by atoms with E-state index in [0.717, 1.165) is 18.7 Å². The van der Waals surface area contributed by atoms with Gasteiger partial charge in [-0.15, -0.1) is 0 Å². The fraction of sp³-hybridized carbons (Fsp3) is 0.760. The molecule has 172 valence electrons. The molecule has 0 radical (unpaired) electrons. The molecule has 0 aromatic rings. The molecule has 3 N–H and O–H groups in total. The Hall–Kier alpha value is -1.46. The molecule has 5 nitrogen and oxygen atoms in total. The maximum absolute atomic E-state index is 11.3. The standard InChI is InChI=1S/C25H45N3O2/c1-2-3-4-5-6-7-8-9-10-11-12-13-14-15-16-17-18-24-27-20-22-28(24,21-19-26)23-25(29)30/h10-11,20,22H,2-9,12-19,21,23,26H2,1H3/p+1/b11-10+. The molecular weight excluding hydrogens is 374 g/mol. The summed E-state index contributed by atoms with van der Waals surface area (Å²) in [5.74, 6) is 0.152. The third kappa shape index (κ3) is 11.7. The number of unbranched alkanes of at least 4 members (excludes halogenated alkanes) is 12. The van der Waals surface area contributed by atoms with Gasteiger partial charge >= 0.3 is 5.97 Å². The van der Waals surface area contributed by atoms with Gasteiger partial charge in [0.15, 0.2) is 6.54 Å². The third-order valence-electron chi connectivity index (χ3n) is 5.95. The van der Waals surface area contributed by atoms with E-state index in [1.165, 1.54) is 83.5 Å². The lowest BCUT2D eigenvalue weighted by Crippen LogP contribution is -2.52. The summed E-state index contributed by atoms with van der Waals surface area (Å²) in [6.45, 7) is 3.37. The summed E-state index contributed by atoms with van der Waals surface area (Å²) in [6.07, 6.45) is 27.3. The molecule has 0 saturated carbocycles. The predicted molar refractivity (Wildman–Crippen MR) is 127 cm³/mol. The third-order valence-corrected chi connectivity index (χ3v) is 5.95. The van der Waals surface area contributed by atoms with Crippen molar-refractivity contribution >= 4 is 11.8 Å². The van der Waals surface area contributed by atoms with Gasteiger partial charge in [0.2, 0.25) is 5.84 Å². The molecule has 0 bridgehead atoms. The van der Waals surface area contributed by atoms with E-state index in [4.69, 9.17) is 5.73 Å². The van der Waals surface area contributed by atoms with Crippen molar-refractivity contribution in [1.82, 2.24) is 0 Å².